The van der Waals surface area contributed by atoms with Gasteiger partial charge in [0.1, 0.15) is 0 Å². The van der Waals surface area contributed by atoms with Crippen LogP contribution in [0.3, 0.4) is 0 Å². The normalized spacial score (nSPS) is 12.3. The maximum Gasteiger partial charge on any atom is 0.0535 e. The third-order valence-electron chi connectivity index (χ3n) is 2.79. The van der Waals surface area contributed by atoms with Gasteiger partial charge in [0.25, 0.3) is 0 Å². The van der Waals surface area contributed by atoms with E-state index in [0.717, 1.165) is 16.5 Å². The van der Waals surface area contributed by atoms with Crippen molar-refractivity contribution in [1.82, 2.24) is 10.4 Å². The van der Waals surface area contributed by atoms with Crippen LogP contribution in [0.2, 0.25) is 0 Å². The molecule has 0 bridgehead atoms. The zero-order chi connectivity index (χ0) is 13.0. The van der Waals surface area contributed by atoms with Crippen molar-refractivity contribution in [2.75, 3.05) is 5.73 Å². The van der Waals surface area contributed by atoms with Crippen molar-refractivity contribution < 1.29 is 0 Å². The first-order chi connectivity index (χ1) is 8.70. The van der Waals surface area contributed by atoms with Crippen LogP contribution in [-0.2, 0) is 6.42 Å². The molecule has 0 fully saturated rings. The molecule has 2 aromatic rings. The van der Waals surface area contributed by atoms with Crippen LogP contribution in [0, 0.1) is 0 Å². The quantitative estimate of drug-likeness (QED) is 0.597. The number of nitrogen functional groups attached to an aromatic ring is 1. The minimum absolute atomic E-state index is 0.0481. The Kier molecular flexibility index (Phi) is 4.30. The van der Waals surface area contributed by atoms with E-state index in [4.69, 9.17) is 11.6 Å². The van der Waals surface area contributed by atoms with Gasteiger partial charge in [-0.15, -0.1) is 0 Å². The number of hydrogen-bond acceptors (Lipinski definition) is 4. The lowest BCUT2D eigenvalue weighted by atomic mass is 10.00. The third-order valence-corrected chi connectivity index (χ3v) is 3.29. The number of nitrogens with one attached hydrogen (secondary N) is 1. The Balaban J connectivity index is 2.23. The summed E-state index contributed by atoms with van der Waals surface area (Å²) >= 11 is 3.46. The molecule has 0 aliphatic rings. The monoisotopic (exact) mass is 306 g/mol. The van der Waals surface area contributed by atoms with Crippen LogP contribution in [0.4, 0.5) is 5.69 Å². The van der Waals surface area contributed by atoms with Crippen molar-refractivity contribution in [2.24, 2.45) is 5.84 Å². The Morgan fingerprint density at radius 1 is 1.33 bits per heavy atom. The topological polar surface area (TPSA) is 77.0 Å². The summed E-state index contributed by atoms with van der Waals surface area (Å²) in [4.78, 5) is 4.09. The zero-order valence-electron chi connectivity index (χ0n) is 9.81. The highest BCUT2D eigenvalue weighted by Gasteiger charge is 2.13. The fraction of sp³-hybridized carbons (Fsp3) is 0.154. The van der Waals surface area contributed by atoms with Gasteiger partial charge in [-0.2, -0.15) is 0 Å². The van der Waals surface area contributed by atoms with E-state index in [1.807, 2.05) is 12.1 Å². The van der Waals surface area contributed by atoms with E-state index >= 15 is 0 Å². The number of pyridine rings is 1. The molecular formula is C13H15BrN4. The van der Waals surface area contributed by atoms with Gasteiger partial charge in [-0.1, -0.05) is 28.1 Å². The van der Waals surface area contributed by atoms with Gasteiger partial charge in [0.05, 0.1) is 6.04 Å². The van der Waals surface area contributed by atoms with Crippen molar-refractivity contribution in [3.8, 4) is 0 Å². The molecule has 0 aliphatic carbocycles. The molecule has 0 saturated heterocycles. The summed E-state index contributed by atoms with van der Waals surface area (Å²) in [5.74, 6) is 5.61. The van der Waals surface area contributed by atoms with Gasteiger partial charge in [0.2, 0.25) is 0 Å². The number of benzene rings is 1. The van der Waals surface area contributed by atoms with E-state index in [1.165, 1.54) is 5.56 Å². The highest BCUT2D eigenvalue weighted by Crippen LogP contribution is 2.23. The number of anilines is 1. The van der Waals surface area contributed by atoms with Gasteiger partial charge in [-0.25, -0.2) is 0 Å². The van der Waals surface area contributed by atoms with Gasteiger partial charge in [-0.05, 0) is 30.2 Å². The smallest absolute Gasteiger partial charge is 0.0535 e. The van der Waals surface area contributed by atoms with Crippen molar-refractivity contribution in [3.05, 3.63) is 58.3 Å². The Labute approximate surface area is 115 Å². The molecule has 18 heavy (non-hydrogen) atoms. The average Bonchev–Trinajstić information content (AvgIpc) is 2.37. The van der Waals surface area contributed by atoms with Gasteiger partial charge in [0, 0.05) is 28.1 Å². The van der Waals surface area contributed by atoms with Gasteiger partial charge >= 0.3 is 0 Å². The highest BCUT2D eigenvalue weighted by atomic mass is 79.9. The molecule has 1 atom stereocenters. The summed E-state index contributed by atoms with van der Waals surface area (Å²) in [5, 5.41) is 0. The Morgan fingerprint density at radius 3 is 2.83 bits per heavy atom. The minimum atomic E-state index is -0.0481. The maximum atomic E-state index is 5.94. The fourth-order valence-corrected chi connectivity index (χ4v) is 2.31. The third kappa shape index (κ3) is 3.07. The number of hydrazine groups is 1. The van der Waals surface area contributed by atoms with Gasteiger partial charge in [0.15, 0.2) is 0 Å². The molecular weight excluding hydrogens is 292 g/mol. The predicted molar refractivity (Wildman–Crippen MR) is 76.6 cm³/mol. The fourth-order valence-electron chi connectivity index (χ4n) is 1.87. The first-order valence-corrected chi connectivity index (χ1v) is 6.40. The number of halogens is 1. The number of hydrogen-bond donors (Lipinski definition) is 3. The van der Waals surface area contributed by atoms with Crippen LogP contribution in [0.1, 0.15) is 17.2 Å². The highest BCUT2D eigenvalue weighted by molar-refractivity contribution is 9.10. The van der Waals surface area contributed by atoms with E-state index < -0.39 is 0 Å². The van der Waals surface area contributed by atoms with Crippen molar-refractivity contribution in [2.45, 2.75) is 12.5 Å². The summed E-state index contributed by atoms with van der Waals surface area (Å²) in [6.07, 6.45) is 4.18. The second-order valence-corrected chi connectivity index (χ2v) is 4.97. The second-order valence-electron chi connectivity index (χ2n) is 4.06. The van der Waals surface area contributed by atoms with Crippen LogP contribution < -0.4 is 17.0 Å². The zero-order valence-corrected chi connectivity index (χ0v) is 11.4. The molecule has 1 unspecified atom stereocenters. The molecule has 94 valence electrons. The average molecular weight is 307 g/mol. The van der Waals surface area contributed by atoms with E-state index in [0.29, 0.717) is 5.69 Å². The second kappa shape index (κ2) is 5.95. The largest absolute Gasteiger partial charge is 0.398 e. The molecule has 0 radical (unpaired) electrons. The van der Waals surface area contributed by atoms with Crippen molar-refractivity contribution >= 4 is 21.6 Å². The first-order valence-electron chi connectivity index (χ1n) is 5.60. The van der Waals surface area contributed by atoms with Crippen LogP contribution in [-0.4, -0.2) is 4.98 Å². The summed E-state index contributed by atoms with van der Waals surface area (Å²) in [6.45, 7) is 0. The Morgan fingerprint density at radius 2 is 2.17 bits per heavy atom. The molecule has 1 heterocycles. The number of rotatable bonds is 4. The van der Waals surface area contributed by atoms with Crippen LogP contribution >= 0.6 is 15.9 Å². The summed E-state index contributed by atoms with van der Waals surface area (Å²) in [5.41, 5.74) is 11.5. The molecule has 0 saturated carbocycles. The molecule has 0 spiro atoms. The van der Waals surface area contributed by atoms with Crippen LogP contribution in [0.25, 0.3) is 0 Å². The predicted octanol–water partition coefficient (Wildman–Crippen LogP) is 2.17. The SMILES string of the molecule is NNC(Cc1cccc(Br)c1)c1cnccc1N. The Bertz CT molecular complexity index is 530. The molecule has 0 aliphatic heterocycles. The lowest BCUT2D eigenvalue weighted by molar-refractivity contribution is 0.552. The lowest BCUT2D eigenvalue weighted by Crippen LogP contribution is -2.30. The maximum absolute atomic E-state index is 5.94. The number of nitrogens with zero attached hydrogens (tertiary/aromatic N) is 1. The summed E-state index contributed by atoms with van der Waals surface area (Å²) in [6, 6.07) is 9.85. The van der Waals surface area contributed by atoms with E-state index in [-0.39, 0.29) is 6.04 Å². The summed E-state index contributed by atoms with van der Waals surface area (Å²) in [7, 11) is 0. The van der Waals surface area contributed by atoms with E-state index in [2.05, 4.69) is 38.5 Å². The molecule has 4 nitrogen and oxygen atoms in total. The molecule has 5 heteroatoms. The van der Waals surface area contributed by atoms with Crippen LogP contribution in [0.15, 0.2) is 47.2 Å². The first kappa shape index (κ1) is 13.0. The Hall–Kier alpha value is -1.43. The molecule has 5 N–H and O–H groups in total. The van der Waals surface area contributed by atoms with Crippen LogP contribution in [0.5, 0.6) is 0 Å². The number of aromatic nitrogens is 1. The van der Waals surface area contributed by atoms with Crippen molar-refractivity contribution in [3.63, 3.8) is 0 Å². The molecule has 0 amide bonds. The van der Waals surface area contributed by atoms with Gasteiger partial charge < -0.3 is 5.73 Å². The summed E-state index contributed by atoms with van der Waals surface area (Å²) < 4.78 is 1.05. The lowest BCUT2D eigenvalue weighted by Gasteiger charge is -2.17. The molecule has 2 rings (SSSR count). The standard InChI is InChI=1S/C13H15BrN4/c14-10-3-1-2-9(6-10)7-13(18-16)11-8-17-5-4-12(11)15/h1-6,8,13,18H,7,16H2,(H2,15,17). The molecule has 1 aromatic heterocycles. The molecule has 1 aromatic carbocycles. The van der Waals surface area contributed by atoms with E-state index in [9.17, 15) is 0 Å². The van der Waals surface area contributed by atoms with E-state index in [1.54, 1.807) is 18.5 Å². The number of nitrogens with two attached hydrogens (primary N) is 2. The minimum Gasteiger partial charge on any atom is -0.398 e. The van der Waals surface area contributed by atoms with Crippen molar-refractivity contribution in [1.29, 1.82) is 0 Å². The van der Waals surface area contributed by atoms with Gasteiger partial charge in [-0.3, -0.25) is 16.3 Å².